The zero-order chi connectivity index (χ0) is 13.7. The molecular formula is C17H14ClNO. The molecule has 0 saturated carbocycles. The van der Waals surface area contributed by atoms with E-state index in [9.17, 15) is 4.79 Å². The molecule has 1 saturated heterocycles. The lowest BCUT2D eigenvalue weighted by molar-refractivity contribution is 0.0711. The summed E-state index contributed by atoms with van der Waals surface area (Å²) in [5.74, 6) is 0.115. The highest BCUT2D eigenvalue weighted by Crippen LogP contribution is 2.51. The first kappa shape index (κ1) is 12.0. The lowest BCUT2D eigenvalue weighted by Crippen LogP contribution is -2.39. The van der Waals surface area contributed by atoms with Crippen LogP contribution in [0.5, 0.6) is 0 Å². The number of carbonyl (C=O) groups excluding carboxylic acids is 1. The molecule has 0 spiro atoms. The standard InChI is InChI=1S/C17H14ClNO/c18-13-7-8-15-14(11-13)16(20)19-10-4-9-17(15,19)12-5-2-1-3-6-12/h1-3,5-8,11H,4,9-10H2. The van der Waals surface area contributed by atoms with E-state index in [1.165, 1.54) is 5.56 Å². The Hall–Kier alpha value is -1.80. The molecule has 1 unspecified atom stereocenters. The Balaban J connectivity index is 2.01. The summed E-state index contributed by atoms with van der Waals surface area (Å²) in [5.41, 5.74) is 2.79. The smallest absolute Gasteiger partial charge is 0.255 e. The van der Waals surface area contributed by atoms with E-state index in [4.69, 9.17) is 11.6 Å². The van der Waals surface area contributed by atoms with Gasteiger partial charge in [-0.3, -0.25) is 4.79 Å². The van der Waals surface area contributed by atoms with Crippen molar-refractivity contribution in [1.82, 2.24) is 4.90 Å². The molecule has 20 heavy (non-hydrogen) atoms. The predicted octanol–water partition coefficient (Wildman–Crippen LogP) is 3.83. The average molecular weight is 284 g/mol. The minimum Gasteiger partial charge on any atom is -0.325 e. The molecule has 1 amide bonds. The maximum Gasteiger partial charge on any atom is 0.255 e. The van der Waals surface area contributed by atoms with Crippen LogP contribution < -0.4 is 0 Å². The second-order valence-electron chi connectivity index (χ2n) is 5.48. The van der Waals surface area contributed by atoms with Gasteiger partial charge in [-0.05, 0) is 36.1 Å². The van der Waals surface area contributed by atoms with Gasteiger partial charge < -0.3 is 4.90 Å². The highest BCUT2D eigenvalue weighted by Gasteiger charge is 2.53. The van der Waals surface area contributed by atoms with E-state index in [0.717, 1.165) is 30.5 Å². The van der Waals surface area contributed by atoms with Crippen LogP contribution in [0.25, 0.3) is 0 Å². The molecule has 0 aromatic heterocycles. The molecule has 0 bridgehead atoms. The van der Waals surface area contributed by atoms with Crippen LogP contribution in [0.4, 0.5) is 0 Å². The molecule has 2 aliphatic rings. The molecule has 0 aliphatic carbocycles. The maximum absolute atomic E-state index is 12.7. The summed E-state index contributed by atoms with van der Waals surface area (Å²) in [6.07, 6.45) is 2.03. The zero-order valence-corrected chi connectivity index (χ0v) is 11.7. The van der Waals surface area contributed by atoms with Gasteiger partial charge in [0.25, 0.3) is 5.91 Å². The molecule has 0 N–H and O–H groups in total. The van der Waals surface area contributed by atoms with Crippen molar-refractivity contribution < 1.29 is 4.79 Å². The number of halogens is 1. The van der Waals surface area contributed by atoms with Gasteiger partial charge in [-0.15, -0.1) is 0 Å². The fourth-order valence-electron chi connectivity index (χ4n) is 3.74. The molecule has 1 fully saturated rings. The van der Waals surface area contributed by atoms with Gasteiger partial charge in [0.05, 0.1) is 5.54 Å². The van der Waals surface area contributed by atoms with Gasteiger partial charge in [0.15, 0.2) is 0 Å². The molecule has 4 rings (SSSR count). The third-order valence-electron chi connectivity index (χ3n) is 4.54. The predicted molar refractivity (Wildman–Crippen MR) is 78.9 cm³/mol. The van der Waals surface area contributed by atoms with Crippen LogP contribution in [-0.2, 0) is 5.54 Å². The lowest BCUT2D eigenvalue weighted by atomic mass is 9.81. The fraction of sp³-hybridized carbons (Fsp3) is 0.235. The molecule has 2 nitrogen and oxygen atoms in total. The van der Waals surface area contributed by atoms with Gasteiger partial charge in [0.2, 0.25) is 0 Å². The monoisotopic (exact) mass is 283 g/mol. The third-order valence-corrected chi connectivity index (χ3v) is 4.77. The Morgan fingerprint density at radius 2 is 1.90 bits per heavy atom. The van der Waals surface area contributed by atoms with E-state index < -0.39 is 0 Å². The molecule has 2 heterocycles. The van der Waals surface area contributed by atoms with Crippen LogP contribution in [-0.4, -0.2) is 17.4 Å². The summed E-state index contributed by atoms with van der Waals surface area (Å²) < 4.78 is 0. The summed E-state index contributed by atoms with van der Waals surface area (Å²) in [6.45, 7) is 0.819. The summed E-state index contributed by atoms with van der Waals surface area (Å²) in [5, 5.41) is 0.626. The van der Waals surface area contributed by atoms with Crippen LogP contribution in [0.1, 0.15) is 34.3 Å². The molecule has 2 aromatic carbocycles. The van der Waals surface area contributed by atoms with E-state index in [-0.39, 0.29) is 11.4 Å². The maximum atomic E-state index is 12.7. The van der Waals surface area contributed by atoms with Crippen LogP contribution >= 0.6 is 11.6 Å². The third kappa shape index (κ3) is 1.37. The first-order valence-corrected chi connectivity index (χ1v) is 7.29. The Morgan fingerprint density at radius 1 is 1.10 bits per heavy atom. The summed E-state index contributed by atoms with van der Waals surface area (Å²) in [4.78, 5) is 14.7. The number of rotatable bonds is 1. The number of hydrogen-bond acceptors (Lipinski definition) is 1. The summed E-state index contributed by atoms with van der Waals surface area (Å²) in [7, 11) is 0. The topological polar surface area (TPSA) is 20.3 Å². The Labute approximate surface area is 123 Å². The second-order valence-corrected chi connectivity index (χ2v) is 5.91. The average Bonchev–Trinajstić information content (AvgIpc) is 3.00. The molecular weight excluding hydrogens is 270 g/mol. The van der Waals surface area contributed by atoms with Crippen molar-refractivity contribution in [3.05, 3.63) is 70.2 Å². The zero-order valence-electron chi connectivity index (χ0n) is 11.0. The largest absolute Gasteiger partial charge is 0.325 e. The fourth-order valence-corrected chi connectivity index (χ4v) is 3.91. The number of hydrogen-bond donors (Lipinski definition) is 0. The van der Waals surface area contributed by atoms with Gasteiger partial charge >= 0.3 is 0 Å². The van der Waals surface area contributed by atoms with E-state index in [0.29, 0.717) is 5.02 Å². The van der Waals surface area contributed by atoms with Gasteiger partial charge in [-0.1, -0.05) is 48.0 Å². The van der Waals surface area contributed by atoms with Crippen molar-refractivity contribution in [3.63, 3.8) is 0 Å². The van der Waals surface area contributed by atoms with Crippen molar-refractivity contribution in [1.29, 1.82) is 0 Å². The molecule has 1 atom stereocenters. The quantitative estimate of drug-likeness (QED) is 0.779. The molecule has 0 radical (unpaired) electrons. The summed E-state index contributed by atoms with van der Waals surface area (Å²) in [6, 6.07) is 16.1. The normalized spacial score (nSPS) is 23.9. The van der Waals surface area contributed by atoms with Gasteiger partial charge in [0.1, 0.15) is 0 Å². The van der Waals surface area contributed by atoms with E-state index >= 15 is 0 Å². The van der Waals surface area contributed by atoms with Crippen molar-refractivity contribution >= 4 is 17.5 Å². The van der Waals surface area contributed by atoms with Crippen LogP contribution in [0.2, 0.25) is 5.02 Å². The minimum atomic E-state index is -0.279. The van der Waals surface area contributed by atoms with Gasteiger partial charge in [0, 0.05) is 17.1 Å². The first-order chi connectivity index (χ1) is 9.73. The van der Waals surface area contributed by atoms with E-state index in [1.54, 1.807) is 0 Å². The van der Waals surface area contributed by atoms with Crippen molar-refractivity contribution in [2.24, 2.45) is 0 Å². The molecule has 2 aromatic rings. The Kier molecular flexibility index (Phi) is 2.45. The van der Waals surface area contributed by atoms with Gasteiger partial charge in [-0.2, -0.15) is 0 Å². The van der Waals surface area contributed by atoms with E-state index in [2.05, 4.69) is 12.1 Å². The van der Waals surface area contributed by atoms with Crippen LogP contribution in [0.15, 0.2) is 48.5 Å². The highest BCUT2D eigenvalue weighted by atomic mass is 35.5. The lowest BCUT2D eigenvalue weighted by Gasteiger charge is -2.33. The van der Waals surface area contributed by atoms with E-state index in [1.807, 2.05) is 41.3 Å². The number of fused-ring (bicyclic) bond motifs is 3. The minimum absolute atomic E-state index is 0.115. The second kappa shape index (κ2) is 4.10. The SMILES string of the molecule is O=C1c2cc(Cl)ccc2C2(c3ccccc3)CCCN12. The summed E-state index contributed by atoms with van der Waals surface area (Å²) >= 11 is 6.07. The Morgan fingerprint density at radius 3 is 2.70 bits per heavy atom. The number of benzene rings is 2. The van der Waals surface area contributed by atoms with Gasteiger partial charge in [-0.25, -0.2) is 0 Å². The highest BCUT2D eigenvalue weighted by molar-refractivity contribution is 6.31. The molecule has 100 valence electrons. The first-order valence-electron chi connectivity index (χ1n) is 6.91. The van der Waals surface area contributed by atoms with Crippen molar-refractivity contribution in [2.75, 3.05) is 6.54 Å². The van der Waals surface area contributed by atoms with Crippen molar-refractivity contribution in [2.45, 2.75) is 18.4 Å². The number of carbonyl (C=O) groups is 1. The Bertz CT molecular complexity index is 697. The van der Waals surface area contributed by atoms with Crippen LogP contribution in [0, 0.1) is 0 Å². The van der Waals surface area contributed by atoms with Crippen molar-refractivity contribution in [3.8, 4) is 0 Å². The van der Waals surface area contributed by atoms with Crippen LogP contribution in [0.3, 0.4) is 0 Å². The number of nitrogens with zero attached hydrogens (tertiary/aromatic N) is 1. The molecule has 3 heteroatoms. The number of amides is 1. The molecule has 2 aliphatic heterocycles.